The fourth-order valence-corrected chi connectivity index (χ4v) is 9.40. The van der Waals surface area contributed by atoms with Crippen molar-refractivity contribution in [1.82, 2.24) is 8.97 Å². The molecule has 1 aliphatic heterocycles. The normalized spacial score (nSPS) is 12.5. The average Bonchev–Trinajstić information content (AvgIpc) is 3.82. The van der Waals surface area contributed by atoms with Gasteiger partial charge in [-0.05, 0) is 78.3 Å². The van der Waals surface area contributed by atoms with E-state index in [1.54, 1.807) is 0 Å². The van der Waals surface area contributed by atoms with E-state index in [0.717, 1.165) is 25.1 Å². The van der Waals surface area contributed by atoms with Crippen molar-refractivity contribution in [2.75, 3.05) is 5.32 Å². The van der Waals surface area contributed by atoms with Gasteiger partial charge in [0, 0.05) is 60.5 Å². The fourth-order valence-electron chi connectivity index (χ4n) is 9.40. The van der Waals surface area contributed by atoms with E-state index >= 15 is 0 Å². The van der Waals surface area contributed by atoms with Crippen LogP contribution in [0.15, 0.2) is 133 Å². The number of nitrogens with one attached hydrogen (secondary N) is 1. The molecule has 11 rings (SSSR count). The Balaban J connectivity index is 1.25. The summed E-state index contributed by atoms with van der Waals surface area (Å²) >= 11 is 0. The lowest BCUT2D eigenvalue weighted by molar-refractivity contribution is 0.717. The Bertz CT molecular complexity index is 3050. The van der Waals surface area contributed by atoms with Crippen molar-refractivity contribution in [3.8, 4) is 16.8 Å². The Hall–Kier alpha value is -6.00. The largest absolute Gasteiger partial charge is 0.355 e. The molecule has 0 unspecified atom stereocenters. The molecule has 0 fully saturated rings. The zero-order valence-electron chi connectivity index (χ0n) is 29.6. The number of hydrogen-bond donors (Lipinski definition) is 1. The van der Waals surface area contributed by atoms with Gasteiger partial charge in [-0.25, -0.2) is 0 Å². The van der Waals surface area contributed by atoms with Crippen molar-refractivity contribution in [1.29, 1.82) is 0 Å². The molecule has 0 spiro atoms. The van der Waals surface area contributed by atoms with Crippen molar-refractivity contribution >= 4 is 89.5 Å². The molecule has 0 saturated heterocycles. The van der Waals surface area contributed by atoms with Crippen LogP contribution in [0.4, 0.5) is 11.4 Å². The lowest BCUT2D eigenvalue weighted by Crippen LogP contribution is -2.37. The molecule has 3 aromatic heterocycles. The topological polar surface area (TPSA) is 21.4 Å². The minimum atomic E-state index is 0.898. The summed E-state index contributed by atoms with van der Waals surface area (Å²) in [6, 6.07) is 50.2. The minimum absolute atomic E-state index is 0.898. The molecule has 4 heteroatoms. The van der Waals surface area contributed by atoms with Crippen molar-refractivity contribution in [3.05, 3.63) is 145 Å². The van der Waals surface area contributed by atoms with Crippen molar-refractivity contribution in [3.63, 3.8) is 0 Å². The molecule has 0 amide bonds. The van der Waals surface area contributed by atoms with Crippen molar-refractivity contribution in [2.45, 2.75) is 39.5 Å². The molecule has 0 atom stereocenters. The van der Waals surface area contributed by atoms with E-state index in [1.807, 2.05) is 0 Å². The Morgan fingerprint density at radius 2 is 1.25 bits per heavy atom. The van der Waals surface area contributed by atoms with Crippen LogP contribution in [0.2, 0.25) is 0 Å². The number of unbranched alkanes of at least 4 members (excludes halogenated alkanes) is 2. The second-order valence-corrected chi connectivity index (χ2v) is 14.8. The first-order chi connectivity index (χ1) is 25.7. The first kappa shape index (κ1) is 29.7. The van der Waals surface area contributed by atoms with Crippen LogP contribution >= 0.6 is 0 Å². The second kappa shape index (κ2) is 11.3. The number of benzene rings is 7. The molecule has 1 N–H and O–H groups in total. The van der Waals surface area contributed by atoms with Gasteiger partial charge in [0.1, 0.15) is 0 Å². The minimum Gasteiger partial charge on any atom is -0.355 e. The number of anilines is 2. The molecule has 4 heterocycles. The molecule has 0 bridgehead atoms. The summed E-state index contributed by atoms with van der Waals surface area (Å²) in [5.74, 6) is 0. The van der Waals surface area contributed by atoms with Crippen LogP contribution in [0.1, 0.15) is 37.3 Å². The predicted molar refractivity (Wildman–Crippen MR) is 225 cm³/mol. The molecule has 52 heavy (non-hydrogen) atoms. The van der Waals surface area contributed by atoms with Gasteiger partial charge in [-0.3, -0.25) is 0 Å². The molecule has 7 aromatic carbocycles. The lowest BCUT2D eigenvalue weighted by Gasteiger charge is -2.26. The van der Waals surface area contributed by atoms with Crippen LogP contribution in [0, 0.1) is 6.92 Å². The maximum atomic E-state index is 3.99. The van der Waals surface area contributed by atoms with Crippen LogP contribution in [0.5, 0.6) is 0 Å². The van der Waals surface area contributed by atoms with Gasteiger partial charge in [0.15, 0.2) is 7.28 Å². The van der Waals surface area contributed by atoms with Crippen LogP contribution in [-0.4, -0.2) is 16.2 Å². The Kier molecular flexibility index (Phi) is 6.43. The highest BCUT2D eigenvalue weighted by molar-refractivity contribution is 6.73. The van der Waals surface area contributed by atoms with Crippen molar-refractivity contribution < 1.29 is 0 Å². The van der Waals surface area contributed by atoms with Crippen molar-refractivity contribution in [2.24, 2.45) is 0 Å². The molecule has 0 saturated carbocycles. The van der Waals surface area contributed by atoms with E-state index in [0.29, 0.717) is 0 Å². The Morgan fingerprint density at radius 3 is 2.08 bits per heavy atom. The van der Waals surface area contributed by atoms with Crippen LogP contribution in [-0.2, 0) is 6.42 Å². The van der Waals surface area contributed by atoms with E-state index in [4.69, 9.17) is 0 Å². The quantitative estimate of drug-likeness (QED) is 0.133. The van der Waals surface area contributed by atoms with E-state index in [-0.39, 0.29) is 0 Å². The maximum Gasteiger partial charge on any atom is 0.198 e. The highest BCUT2D eigenvalue weighted by atomic mass is 15.0. The predicted octanol–water partition coefficient (Wildman–Crippen LogP) is 11.1. The third kappa shape index (κ3) is 4.15. The highest BCUT2D eigenvalue weighted by Crippen LogP contribution is 2.44. The van der Waals surface area contributed by atoms with Gasteiger partial charge in [-0.2, -0.15) is 0 Å². The van der Waals surface area contributed by atoms with Crippen LogP contribution < -0.4 is 16.2 Å². The third-order valence-corrected chi connectivity index (χ3v) is 11.8. The van der Waals surface area contributed by atoms with Gasteiger partial charge in [0.2, 0.25) is 0 Å². The molecule has 10 aromatic rings. The lowest BCUT2D eigenvalue weighted by atomic mass is 9.59. The third-order valence-electron chi connectivity index (χ3n) is 11.8. The standard InChI is InChI=1S/C48H38BN3/c1-3-4-5-15-30-25-38(46-45(26-30)52-43-24-11-8-17-32(43)34-20-13-21-39(49-46)48(34)52)36-27-37-35-19-12-18-33-31-16-7-10-23-42(31)51(47(33)35)44(37)28-41(36)50-40-22-9-6-14-29(40)2/h6-14,16-28,49-50H,3-5,15H2,1-2H3. The summed E-state index contributed by atoms with van der Waals surface area (Å²) in [6.07, 6.45) is 4.71. The zero-order valence-corrected chi connectivity index (χ0v) is 29.6. The number of aryl methyl sites for hydroxylation is 2. The Labute approximate surface area is 303 Å². The summed E-state index contributed by atoms with van der Waals surface area (Å²) in [5, 5.41) is 11.9. The maximum absolute atomic E-state index is 3.99. The monoisotopic (exact) mass is 667 g/mol. The van der Waals surface area contributed by atoms with Gasteiger partial charge in [0.25, 0.3) is 0 Å². The second-order valence-electron chi connectivity index (χ2n) is 14.8. The molecule has 1 aliphatic rings. The number of fused-ring (bicyclic) bond motifs is 11. The molecular formula is C48H38BN3. The van der Waals surface area contributed by atoms with E-state index in [1.165, 1.54) is 118 Å². The first-order valence-corrected chi connectivity index (χ1v) is 18.9. The molecule has 248 valence electrons. The smallest absolute Gasteiger partial charge is 0.198 e. The summed E-state index contributed by atoms with van der Waals surface area (Å²) in [5.41, 5.74) is 18.1. The van der Waals surface area contributed by atoms with Gasteiger partial charge in [0.05, 0.1) is 22.1 Å². The van der Waals surface area contributed by atoms with Gasteiger partial charge < -0.3 is 14.3 Å². The van der Waals surface area contributed by atoms with Crippen LogP contribution in [0.3, 0.4) is 0 Å². The number of hydrogen-bond acceptors (Lipinski definition) is 1. The first-order valence-electron chi connectivity index (χ1n) is 18.9. The average molecular weight is 668 g/mol. The molecule has 0 radical (unpaired) electrons. The summed E-state index contributed by atoms with van der Waals surface area (Å²) < 4.78 is 5.07. The highest BCUT2D eigenvalue weighted by Gasteiger charge is 2.28. The fraction of sp³-hybridized carbons (Fsp3) is 0.125. The number of nitrogens with zero attached hydrogens (tertiary/aromatic N) is 2. The SMILES string of the molecule is CCCCCc1cc(-c2cc3c4cccc5c6ccccc6n(c3cc2Nc2ccccc2C)c54)c2c(c1)-n1c3ccccc3c3cccc(c31)B2. The Morgan fingerprint density at radius 1 is 0.558 bits per heavy atom. The molecule has 0 aliphatic carbocycles. The molecular weight excluding hydrogens is 629 g/mol. The van der Waals surface area contributed by atoms with E-state index < -0.39 is 0 Å². The van der Waals surface area contributed by atoms with Gasteiger partial charge >= 0.3 is 0 Å². The van der Waals surface area contributed by atoms with Gasteiger partial charge in [-0.15, -0.1) is 0 Å². The summed E-state index contributed by atoms with van der Waals surface area (Å²) in [4.78, 5) is 0. The molecule has 3 nitrogen and oxygen atoms in total. The summed E-state index contributed by atoms with van der Waals surface area (Å²) in [6.45, 7) is 4.50. The summed E-state index contributed by atoms with van der Waals surface area (Å²) in [7, 11) is 0.898. The van der Waals surface area contributed by atoms with Gasteiger partial charge in [-0.1, -0.05) is 122 Å². The zero-order chi connectivity index (χ0) is 34.5. The van der Waals surface area contributed by atoms with E-state index in [9.17, 15) is 0 Å². The number of rotatable bonds is 7. The number of para-hydroxylation sites is 5. The van der Waals surface area contributed by atoms with E-state index in [2.05, 4.69) is 162 Å². The number of aromatic nitrogens is 2. The van der Waals surface area contributed by atoms with Crippen LogP contribution in [0.25, 0.3) is 76.7 Å².